The van der Waals surface area contributed by atoms with E-state index in [1.165, 1.54) is 12.3 Å². The molecule has 0 aromatic carbocycles. The molecule has 0 radical (unpaired) electrons. The van der Waals surface area contributed by atoms with Crippen LogP contribution < -0.4 is 16.0 Å². The van der Waals surface area contributed by atoms with E-state index < -0.39 is 11.7 Å². The van der Waals surface area contributed by atoms with E-state index in [1.807, 2.05) is 31.5 Å². The number of hydrogen-bond donors (Lipinski definition) is 3. The molecule has 3 N–H and O–H groups in total. The first-order chi connectivity index (χ1) is 13.8. The first-order valence-electron chi connectivity index (χ1n) is 9.60. The number of rotatable bonds is 9. The maximum absolute atomic E-state index is 13.0. The van der Waals surface area contributed by atoms with Crippen LogP contribution in [-0.2, 0) is 12.7 Å². The zero-order chi connectivity index (χ0) is 21.3. The molecular weight excluding hydrogens is 383 g/mol. The van der Waals surface area contributed by atoms with Crippen molar-refractivity contribution in [3.8, 4) is 0 Å². The van der Waals surface area contributed by atoms with Crippen molar-refractivity contribution in [1.82, 2.24) is 25.4 Å². The summed E-state index contributed by atoms with van der Waals surface area (Å²) in [5.74, 6) is 0.452. The number of hydrogen-bond acceptors (Lipinski definition) is 4. The number of aliphatic imine (C=N–C) groups is 1. The highest BCUT2D eigenvalue weighted by atomic mass is 19.4. The number of anilines is 1. The van der Waals surface area contributed by atoms with E-state index in [-0.39, 0.29) is 12.4 Å². The van der Waals surface area contributed by atoms with Crippen molar-refractivity contribution in [3.63, 3.8) is 0 Å². The van der Waals surface area contributed by atoms with Gasteiger partial charge in [0.2, 0.25) is 0 Å². The van der Waals surface area contributed by atoms with E-state index in [4.69, 9.17) is 0 Å². The van der Waals surface area contributed by atoms with E-state index in [0.29, 0.717) is 25.6 Å². The smallest absolute Gasteiger partial charge is 0.368 e. The fraction of sp³-hybridized carbons (Fsp3) is 0.526. The maximum Gasteiger partial charge on any atom is 0.419 e. The number of alkyl halides is 3. The van der Waals surface area contributed by atoms with E-state index in [1.54, 1.807) is 0 Å². The Hall–Kier alpha value is -2.78. The lowest BCUT2D eigenvalue weighted by atomic mass is 10.2. The first kappa shape index (κ1) is 22.5. The standard InChI is InChI=1S/C19H28F3N7/c1-4-23-18(26-9-6-12-29-15(3)13-14(2)28-29)27-11-10-25-17-16(19(20,21)22)7-5-8-24-17/h5,7-8,13H,4,6,9-12H2,1-3H3,(H,24,25)(H2,23,26,27). The third-order valence-corrected chi connectivity index (χ3v) is 4.07. The average Bonchev–Trinajstić information content (AvgIpc) is 2.98. The summed E-state index contributed by atoms with van der Waals surface area (Å²) in [7, 11) is 0. The van der Waals surface area contributed by atoms with Gasteiger partial charge in [-0.1, -0.05) is 0 Å². The van der Waals surface area contributed by atoms with Gasteiger partial charge in [-0.05, 0) is 45.4 Å². The summed E-state index contributed by atoms with van der Waals surface area (Å²) in [6.45, 7) is 8.69. The van der Waals surface area contributed by atoms with Crippen LogP contribution in [0.3, 0.4) is 0 Å². The fourth-order valence-electron chi connectivity index (χ4n) is 2.79. The van der Waals surface area contributed by atoms with Crippen LogP contribution in [0.1, 0.15) is 30.3 Å². The number of aromatic nitrogens is 3. The quantitative estimate of drug-likeness (QED) is 0.336. The highest BCUT2D eigenvalue weighted by Gasteiger charge is 2.33. The van der Waals surface area contributed by atoms with Crippen LogP contribution in [0, 0.1) is 13.8 Å². The molecule has 0 aliphatic carbocycles. The molecule has 0 unspecified atom stereocenters. The van der Waals surface area contributed by atoms with Gasteiger partial charge in [-0.15, -0.1) is 0 Å². The van der Waals surface area contributed by atoms with Gasteiger partial charge in [-0.3, -0.25) is 9.67 Å². The number of nitrogens with one attached hydrogen (secondary N) is 3. The molecule has 2 aromatic heterocycles. The molecule has 10 heteroatoms. The highest BCUT2D eigenvalue weighted by Crippen LogP contribution is 2.33. The molecule has 0 bridgehead atoms. The van der Waals surface area contributed by atoms with Gasteiger partial charge in [-0.2, -0.15) is 18.3 Å². The van der Waals surface area contributed by atoms with Crippen molar-refractivity contribution in [1.29, 1.82) is 0 Å². The molecule has 0 atom stereocenters. The molecule has 0 spiro atoms. The minimum Gasteiger partial charge on any atom is -0.368 e. The predicted octanol–water partition coefficient (Wildman–Crippen LogP) is 2.97. The Labute approximate surface area is 168 Å². The second-order valence-corrected chi connectivity index (χ2v) is 6.52. The number of aryl methyl sites for hydroxylation is 3. The monoisotopic (exact) mass is 411 g/mol. The average molecular weight is 411 g/mol. The normalized spacial score (nSPS) is 12.1. The number of pyridine rings is 1. The summed E-state index contributed by atoms with van der Waals surface area (Å²) < 4.78 is 40.9. The van der Waals surface area contributed by atoms with Crippen molar-refractivity contribution in [2.24, 2.45) is 4.99 Å². The first-order valence-corrected chi connectivity index (χ1v) is 9.60. The largest absolute Gasteiger partial charge is 0.419 e. The summed E-state index contributed by atoms with van der Waals surface area (Å²) in [6, 6.07) is 4.32. The van der Waals surface area contributed by atoms with Crippen LogP contribution in [0.2, 0.25) is 0 Å². The molecule has 0 fully saturated rings. The van der Waals surface area contributed by atoms with Gasteiger partial charge in [-0.25, -0.2) is 4.98 Å². The molecule has 0 saturated carbocycles. The van der Waals surface area contributed by atoms with Gasteiger partial charge in [0.25, 0.3) is 0 Å². The van der Waals surface area contributed by atoms with Crippen LogP contribution in [0.25, 0.3) is 0 Å². The van der Waals surface area contributed by atoms with E-state index in [2.05, 4.69) is 31.0 Å². The van der Waals surface area contributed by atoms with Crippen molar-refractivity contribution in [2.45, 2.75) is 39.9 Å². The fourth-order valence-corrected chi connectivity index (χ4v) is 2.79. The molecule has 0 amide bonds. The summed E-state index contributed by atoms with van der Waals surface area (Å²) in [4.78, 5) is 8.28. The van der Waals surface area contributed by atoms with Crippen LogP contribution in [-0.4, -0.2) is 46.9 Å². The Morgan fingerprint density at radius 1 is 1.21 bits per heavy atom. The molecule has 29 heavy (non-hydrogen) atoms. The Morgan fingerprint density at radius 2 is 2.00 bits per heavy atom. The number of guanidine groups is 1. The van der Waals surface area contributed by atoms with Crippen molar-refractivity contribution < 1.29 is 13.2 Å². The van der Waals surface area contributed by atoms with Gasteiger partial charge in [0.05, 0.1) is 11.3 Å². The molecule has 7 nitrogen and oxygen atoms in total. The molecule has 2 heterocycles. The van der Waals surface area contributed by atoms with Crippen molar-refractivity contribution >= 4 is 11.8 Å². The Kier molecular flexibility index (Phi) is 8.29. The van der Waals surface area contributed by atoms with Gasteiger partial charge >= 0.3 is 6.18 Å². The second-order valence-electron chi connectivity index (χ2n) is 6.52. The molecule has 160 valence electrons. The summed E-state index contributed by atoms with van der Waals surface area (Å²) in [5, 5.41) is 13.4. The van der Waals surface area contributed by atoms with Gasteiger partial charge in [0, 0.05) is 44.6 Å². The lowest BCUT2D eigenvalue weighted by Gasteiger charge is -2.15. The molecule has 0 aliphatic rings. The van der Waals surface area contributed by atoms with Crippen molar-refractivity contribution in [2.75, 3.05) is 31.5 Å². The molecular formula is C19H28F3N7. The Bertz CT molecular complexity index is 799. The van der Waals surface area contributed by atoms with Gasteiger partial charge < -0.3 is 16.0 Å². The predicted molar refractivity (Wildman–Crippen MR) is 108 cm³/mol. The molecule has 0 aliphatic heterocycles. The third-order valence-electron chi connectivity index (χ3n) is 4.07. The van der Waals surface area contributed by atoms with E-state index in [9.17, 15) is 13.2 Å². The SMILES string of the molecule is CCNC(=NCCCn1nc(C)cc1C)NCCNc1ncccc1C(F)(F)F. The lowest BCUT2D eigenvalue weighted by molar-refractivity contribution is -0.137. The summed E-state index contributed by atoms with van der Waals surface area (Å²) in [5.41, 5.74) is 1.34. The zero-order valence-corrected chi connectivity index (χ0v) is 17.0. The van der Waals surface area contributed by atoms with Gasteiger partial charge in [0.15, 0.2) is 5.96 Å². The maximum atomic E-state index is 13.0. The van der Waals surface area contributed by atoms with Crippen LogP contribution in [0.15, 0.2) is 29.4 Å². The Morgan fingerprint density at radius 3 is 2.66 bits per heavy atom. The lowest BCUT2D eigenvalue weighted by Crippen LogP contribution is -2.39. The van der Waals surface area contributed by atoms with E-state index in [0.717, 1.165) is 30.4 Å². The van der Waals surface area contributed by atoms with Crippen LogP contribution in [0.5, 0.6) is 0 Å². The summed E-state index contributed by atoms with van der Waals surface area (Å²) in [6.07, 6.45) is -2.27. The van der Waals surface area contributed by atoms with Crippen LogP contribution >= 0.6 is 0 Å². The molecule has 2 rings (SSSR count). The third kappa shape index (κ3) is 7.28. The Balaban J connectivity index is 1.79. The van der Waals surface area contributed by atoms with E-state index >= 15 is 0 Å². The zero-order valence-electron chi connectivity index (χ0n) is 17.0. The minimum atomic E-state index is -4.44. The topological polar surface area (TPSA) is 79.2 Å². The minimum absolute atomic E-state index is 0.173. The van der Waals surface area contributed by atoms with Crippen LogP contribution in [0.4, 0.5) is 19.0 Å². The number of halogens is 3. The summed E-state index contributed by atoms with van der Waals surface area (Å²) >= 11 is 0. The highest BCUT2D eigenvalue weighted by molar-refractivity contribution is 5.79. The van der Waals surface area contributed by atoms with Crippen molar-refractivity contribution in [3.05, 3.63) is 41.3 Å². The van der Waals surface area contributed by atoms with Gasteiger partial charge in [0.1, 0.15) is 5.82 Å². The molecule has 2 aromatic rings. The second kappa shape index (κ2) is 10.7. The molecule has 0 saturated heterocycles. The number of nitrogens with zero attached hydrogens (tertiary/aromatic N) is 4.